The average molecular weight is 430 g/mol. The maximum Gasteiger partial charge on any atom is 0.241 e. The summed E-state index contributed by atoms with van der Waals surface area (Å²) in [5, 5.41) is 13.0. The van der Waals surface area contributed by atoms with E-state index in [1.807, 2.05) is 26.0 Å². The van der Waals surface area contributed by atoms with Crippen molar-refractivity contribution >= 4 is 27.5 Å². The van der Waals surface area contributed by atoms with E-state index in [0.717, 1.165) is 11.1 Å². The topological polar surface area (TPSA) is 135 Å². The van der Waals surface area contributed by atoms with Crippen molar-refractivity contribution in [1.82, 2.24) is 30.0 Å². The molecular formula is C19H22N6O4S. The highest BCUT2D eigenvalue weighted by atomic mass is 32.2. The summed E-state index contributed by atoms with van der Waals surface area (Å²) in [5.41, 5.74) is 2.46. The second-order valence-corrected chi connectivity index (χ2v) is 8.44. The third-order valence-electron chi connectivity index (χ3n) is 4.49. The molecule has 10 nitrogen and oxygen atoms in total. The van der Waals surface area contributed by atoms with Crippen LogP contribution in [0, 0.1) is 13.8 Å². The molecule has 0 bridgehead atoms. The second-order valence-electron chi connectivity index (χ2n) is 6.67. The van der Waals surface area contributed by atoms with E-state index < -0.39 is 28.4 Å². The van der Waals surface area contributed by atoms with E-state index in [9.17, 15) is 18.0 Å². The van der Waals surface area contributed by atoms with Crippen LogP contribution in [-0.2, 0) is 26.2 Å². The molecule has 0 aliphatic carbocycles. The predicted octanol–water partition coefficient (Wildman–Crippen LogP) is 0.0570. The largest absolute Gasteiger partial charge is 0.347 e. The smallest absolute Gasteiger partial charge is 0.241 e. The van der Waals surface area contributed by atoms with Crippen molar-refractivity contribution in [3.8, 4) is 0 Å². The third kappa shape index (κ3) is 5.19. The molecule has 158 valence electrons. The first kappa shape index (κ1) is 21.4. The van der Waals surface area contributed by atoms with E-state index in [2.05, 4.69) is 25.6 Å². The molecule has 30 heavy (non-hydrogen) atoms. The Morgan fingerprint density at radius 3 is 2.50 bits per heavy atom. The van der Waals surface area contributed by atoms with Crippen LogP contribution >= 0.6 is 0 Å². The minimum atomic E-state index is -3.82. The Morgan fingerprint density at radius 1 is 0.967 bits per heavy atom. The molecule has 0 spiro atoms. The van der Waals surface area contributed by atoms with Gasteiger partial charge in [0, 0.05) is 6.20 Å². The predicted molar refractivity (Wildman–Crippen MR) is 109 cm³/mol. The lowest BCUT2D eigenvalue weighted by Gasteiger charge is -2.09. The number of fused-ring (bicyclic) bond motifs is 1. The standard InChI is InChI=1S/C19H22N6O4S/c1-13-6-7-15(9-14(13)2)30(28,29)22-12-19(27)21-11-18(26)20-10-17-24-23-16-5-3-4-8-25(16)17/h3-9,22H,10-12H2,1-2H3,(H,20,26)(H,21,27). The van der Waals surface area contributed by atoms with Crippen LogP contribution < -0.4 is 15.4 Å². The molecule has 2 heterocycles. The fourth-order valence-corrected chi connectivity index (χ4v) is 3.68. The third-order valence-corrected chi connectivity index (χ3v) is 5.88. The molecule has 0 fully saturated rings. The second kappa shape index (κ2) is 9.01. The van der Waals surface area contributed by atoms with Crippen molar-refractivity contribution in [1.29, 1.82) is 0 Å². The summed E-state index contributed by atoms with van der Waals surface area (Å²) in [5.74, 6) is -0.509. The first-order valence-electron chi connectivity index (χ1n) is 9.15. The molecule has 0 radical (unpaired) electrons. The molecule has 1 aromatic carbocycles. The van der Waals surface area contributed by atoms with Gasteiger partial charge in [0.25, 0.3) is 0 Å². The molecule has 11 heteroatoms. The van der Waals surface area contributed by atoms with Gasteiger partial charge >= 0.3 is 0 Å². The number of rotatable bonds is 8. The number of nitrogens with zero attached hydrogens (tertiary/aromatic N) is 3. The van der Waals surface area contributed by atoms with Gasteiger partial charge in [-0.2, -0.15) is 0 Å². The number of carbonyl (C=O) groups excluding carboxylic acids is 2. The first-order chi connectivity index (χ1) is 14.3. The molecule has 0 unspecified atom stereocenters. The van der Waals surface area contributed by atoms with Gasteiger partial charge in [0.1, 0.15) is 0 Å². The summed E-state index contributed by atoms with van der Waals surface area (Å²) >= 11 is 0. The zero-order valence-electron chi connectivity index (χ0n) is 16.5. The van der Waals surface area contributed by atoms with Crippen LogP contribution in [0.5, 0.6) is 0 Å². The fraction of sp³-hybridized carbons (Fsp3) is 0.263. The Bertz CT molecular complexity index is 1190. The van der Waals surface area contributed by atoms with Crippen molar-refractivity contribution in [3.05, 3.63) is 59.5 Å². The van der Waals surface area contributed by atoms with Crippen LogP contribution in [0.4, 0.5) is 0 Å². The van der Waals surface area contributed by atoms with E-state index in [1.165, 1.54) is 12.1 Å². The minimum absolute atomic E-state index is 0.0803. The first-order valence-corrected chi connectivity index (χ1v) is 10.6. The van der Waals surface area contributed by atoms with E-state index in [0.29, 0.717) is 11.5 Å². The van der Waals surface area contributed by atoms with Crippen LogP contribution in [0.25, 0.3) is 5.65 Å². The Morgan fingerprint density at radius 2 is 1.73 bits per heavy atom. The Labute approximate surface area is 173 Å². The molecule has 0 aliphatic heterocycles. The highest BCUT2D eigenvalue weighted by Crippen LogP contribution is 2.14. The summed E-state index contributed by atoms with van der Waals surface area (Å²) in [7, 11) is -3.82. The van der Waals surface area contributed by atoms with Crippen LogP contribution in [0.1, 0.15) is 17.0 Å². The molecule has 2 amide bonds. The van der Waals surface area contributed by atoms with Gasteiger partial charge in [-0.1, -0.05) is 12.1 Å². The molecule has 0 saturated heterocycles. The molecule has 0 atom stereocenters. The van der Waals surface area contributed by atoms with E-state index >= 15 is 0 Å². The molecule has 0 saturated carbocycles. The number of nitrogens with one attached hydrogen (secondary N) is 3. The number of carbonyl (C=O) groups is 2. The summed E-state index contributed by atoms with van der Waals surface area (Å²) in [6.45, 7) is 3.06. The summed E-state index contributed by atoms with van der Waals surface area (Å²) in [6.07, 6.45) is 1.78. The highest BCUT2D eigenvalue weighted by Gasteiger charge is 2.16. The number of sulfonamides is 1. The number of benzene rings is 1. The Hall–Kier alpha value is -3.31. The number of aryl methyl sites for hydroxylation is 2. The SMILES string of the molecule is Cc1ccc(S(=O)(=O)NCC(=O)NCC(=O)NCc2nnc3ccccn23)cc1C. The summed E-state index contributed by atoms with van der Waals surface area (Å²) in [6, 6.07) is 10.2. The zero-order valence-corrected chi connectivity index (χ0v) is 17.4. The Kier molecular flexibility index (Phi) is 6.43. The minimum Gasteiger partial charge on any atom is -0.347 e. The quantitative estimate of drug-likeness (QED) is 0.462. The molecule has 3 rings (SSSR count). The number of hydrogen-bond acceptors (Lipinski definition) is 6. The molecule has 3 aromatic rings. The van der Waals surface area contributed by atoms with Crippen LogP contribution in [0.2, 0.25) is 0 Å². The molecule has 2 aromatic heterocycles. The summed E-state index contributed by atoms with van der Waals surface area (Å²) in [4.78, 5) is 23.9. The van der Waals surface area contributed by atoms with Gasteiger partial charge in [0.2, 0.25) is 21.8 Å². The van der Waals surface area contributed by atoms with E-state index in [-0.39, 0.29) is 18.0 Å². The Balaban J connectivity index is 1.44. The lowest BCUT2D eigenvalue weighted by molar-refractivity contribution is -0.125. The van der Waals surface area contributed by atoms with Crippen molar-refractivity contribution in [2.24, 2.45) is 0 Å². The van der Waals surface area contributed by atoms with Crippen LogP contribution in [-0.4, -0.2) is 47.9 Å². The molecule has 3 N–H and O–H groups in total. The van der Waals surface area contributed by atoms with Crippen molar-refractivity contribution in [2.45, 2.75) is 25.3 Å². The van der Waals surface area contributed by atoms with Crippen LogP contribution in [0.15, 0.2) is 47.5 Å². The van der Waals surface area contributed by atoms with Gasteiger partial charge in [0.15, 0.2) is 11.5 Å². The van der Waals surface area contributed by atoms with Gasteiger partial charge in [-0.15, -0.1) is 10.2 Å². The fourth-order valence-electron chi connectivity index (χ4n) is 2.62. The van der Waals surface area contributed by atoms with Gasteiger partial charge in [-0.3, -0.25) is 14.0 Å². The van der Waals surface area contributed by atoms with Crippen molar-refractivity contribution in [2.75, 3.05) is 13.1 Å². The van der Waals surface area contributed by atoms with E-state index in [4.69, 9.17) is 0 Å². The lowest BCUT2D eigenvalue weighted by Crippen LogP contribution is -2.41. The highest BCUT2D eigenvalue weighted by molar-refractivity contribution is 7.89. The van der Waals surface area contributed by atoms with E-state index in [1.54, 1.807) is 22.7 Å². The number of hydrogen-bond donors (Lipinski definition) is 3. The number of aromatic nitrogens is 3. The monoisotopic (exact) mass is 430 g/mol. The molecule has 0 aliphatic rings. The normalized spacial score (nSPS) is 11.4. The van der Waals surface area contributed by atoms with Gasteiger partial charge in [-0.05, 0) is 49.2 Å². The lowest BCUT2D eigenvalue weighted by atomic mass is 10.1. The van der Waals surface area contributed by atoms with Gasteiger partial charge < -0.3 is 10.6 Å². The average Bonchev–Trinajstić information content (AvgIpc) is 3.14. The maximum atomic E-state index is 12.3. The van der Waals surface area contributed by atoms with Crippen molar-refractivity contribution < 1.29 is 18.0 Å². The zero-order chi connectivity index (χ0) is 21.7. The maximum absolute atomic E-state index is 12.3. The molecular weight excluding hydrogens is 408 g/mol. The summed E-state index contributed by atoms with van der Waals surface area (Å²) < 4.78 is 28.6. The van der Waals surface area contributed by atoms with Gasteiger partial charge in [-0.25, -0.2) is 13.1 Å². The van der Waals surface area contributed by atoms with Crippen molar-refractivity contribution in [3.63, 3.8) is 0 Å². The number of amides is 2. The van der Waals surface area contributed by atoms with Gasteiger partial charge in [0.05, 0.1) is 24.5 Å². The van der Waals surface area contributed by atoms with Crippen LogP contribution in [0.3, 0.4) is 0 Å². The number of pyridine rings is 1.